The van der Waals surface area contributed by atoms with Crippen molar-refractivity contribution in [3.63, 3.8) is 0 Å². The number of rotatable bonds is 5. The average molecular weight is 333 g/mol. The van der Waals surface area contributed by atoms with E-state index < -0.39 is 0 Å². The van der Waals surface area contributed by atoms with Crippen molar-refractivity contribution in [3.05, 3.63) is 34.1 Å². The molecule has 1 aliphatic rings. The molecule has 0 radical (unpaired) electrons. The van der Waals surface area contributed by atoms with Crippen LogP contribution in [0.25, 0.3) is 0 Å². The Balaban J connectivity index is 1.75. The third-order valence-corrected chi connectivity index (χ3v) is 5.40. The quantitative estimate of drug-likeness (QED) is 0.831. The second-order valence-electron chi connectivity index (χ2n) is 6.15. The van der Waals surface area contributed by atoms with Gasteiger partial charge in [-0.3, -0.25) is 4.79 Å². The number of hydrogen-bond acceptors (Lipinski definition) is 5. The highest BCUT2D eigenvalue weighted by Crippen LogP contribution is 2.31. The monoisotopic (exact) mass is 333 g/mol. The first-order chi connectivity index (χ1) is 11.2. The first-order valence-corrected chi connectivity index (χ1v) is 9.22. The fraction of sp³-hybridized carbons (Fsp3) is 0.588. The van der Waals surface area contributed by atoms with Crippen LogP contribution in [-0.4, -0.2) is 27.5 Å². The SMILES string of the molecule is CC[C@@H](C)c1noc([C@H]2CCCCN2C(=O)Cc2cccs2)n1. The fourth-order valence-corrected chi connectivity index (χ4v) is 3.61. The molecule has 1 aliphatic heterocycles. The van der Waals surface area contributed by atoms with Gasteiger partial charge in [0.15, 0.2) is 5.82 Å². The highest BCUT2D eigenvalue weighted by atomic mass is 32.1. The van der Waals surface area contributed by atoms with E-state index >= 15 is 0 Å². The van der Waals surface area contributed by atoms with Gasteiger partial charge in [-0.1, -0.05) is 25.1 Å². The van der Waals surface area contributed by atoms with Crippen LogP contribution in [0.4, 0.5) is 0 Å². The van der Waals surface area contributed by atoms with Crippen molar-refractivity contribution in [1.29, 1.82) is 0 Å². The van der Waals surface area contributed by atoms with E-state index in [1.807, 2.05) is 22.4 Å². The summed E-state index contributed by atoms with van der Waals surface area (Å²) in [5.41, 5.74) is 0. The van der Waals surface area contributed by atoms with E-state index in [2.05, 4.69) is 24.0 Å². The Bertz CT molecular complexity index is 638. The number of carbonyl (C=O) groups excluding carboxylic acids is 1. The predicted molar refractivity (Wildman–Crippen MR) is 89.3 cm³/mol. The van der Waals surface area contributed by atoms with E-state index in [0.29, 0.717) is 12.3 Å². The van der Waals surface area contributed by atoms with E-state index in [1.54, 1.807) is 11.3 Å². The molecule has 1 saturated heterocycles. The van der Waals surface area contributed by atoms with Gasteiger partial charge >= 0.3 is 0 Å². The summed E-state index contributed by atoms with van der Waals surface area (Å²) in [5.74, 6) is 1.78. The largest absolute Gasteiger partial charge is 0.337 e. The smallest absolute Gasteiger partial charge is 0.249 e. The number of thiophene rings is 1. The molecule has 0 saturated carbocycles. The standard InChI is InChI=1S/C17H23N3O2S/c1-3-12(2)16-18-17(22-19-16)14-8-4-5-9-20(14)15(21)11-13-7-6-10-23-13/h6-7,10,12,14H,3-5,8-9,11H2,1-2H3/t12-,14-/m1/s1. The molecule has 1 fully saturated rings. The van der Waals surface area contributed by atoms with Gasteiger partial charge in [-0.05, 0) is 37.1 Å². The molecule has 3 rings (SSSR count). The zero-order valence-electron chi connectivity index (χ0n) is 13.7. The maximum atomic E-state index is 12.7. The maximum Gasteiger partial charge on any atom is 0.249 e. The fourth-order valence-electron chi connectivity index (χ4n) is 2.92. The maximum absolute atomic E-state index is 12.7. The van der Waals surface area contributed by atoms with E-state index in [-0.39, 0.29) is 17.9 Å². The van der Waals surface area contributed by atoms with Gasteiger partial charge in [-0.15, -0.1) is 11.3 Å². The lowest BCUT2D eigenvalue weighted by atomic mass is 10.0. The minimum absolute atomic E-state index is 0.0680. The third kappa shape index (κ3) is 3.63. The molecule has 0 unspecified atom stereocenters. The lowest BCUT2D eigenvalue weighted by molar-refractivity contribution is -0.134. The molecule has 0 bridgehead atoms. The van der Waals surface area contributed by atoms with Crippen LogP contribution in [0.2, 0.25) is 0 Å². The second-order valence-corrected chi connectivity index (χ2v) is 7.19. The second kappa shape index (κ2) is 7.25. The molecule has 0 aliphatic carbocycles. The molecule has 3 heterocycles. The van der Waals surface area contributed by atoms with Crippen molar-refractivity contribution < 1.29 is 9.32 Å². The number of hydrogen-bond donors (Lipinski definition) is 0. The third-order valence-electron chi connectivity index (χ3n) is 4.52. The molecular weight excluding hydrogens is 310 g/mol. The van der Waals surface area contributed by atoms with Gasteiger partial charge in [0.25, 0.3) is 0 Å². The molecule has 1 amide bonds. The summed E-state index contributed by atoms with van der Waals surface area (Å²) in [4.78, 5) is 20.3. The van der Waals surface area contributed by atoms with Crippen molar-refractivity contribution in [2.45, 2.75) is 57.9 Å². The number of aromatic nitrogens is 2. The van der Waals surface area contributed by atoms with Crippen molar-refractivity contribution >= 4 is 17.2 Å². The lowest BCUT2D eigenvalue weighted by Gasteiger charge is -2.33. The number of piperidine rings is 1. The highest BCUT2D eigenvalue weighted by molar-refractivity contribution is 7.10. The number of likely N-dealkylation sites (tertiary alicyclic amines) is 1. The Kier molecular flexibility index (Phi) is 5.10. The number of amides is 1. The van der Waals surface area contributed by atoms with Crippen LogP contribution in [-0.2, 0) is 11.2 Å². The first-order valence-electron chi connectivity index (χ1n) is 8.34. The Morgan fingerprint density at radius 1 is 1.52 bits per heavy atom. The van der Waals surface area contributed by atoms with Crippen LogP contribution in [0.3, 0.4) is 0 Å². The van der Waals surface area contributed by atoms with Crippen LogP contribution in [0.15, 0.2) is 22.0 Å². The van der Waals surface area contributed by atoms with Gasteiger partial charge < -0.3 is 9.42 Å². The van der Waals surface area contributed by atoms with Gasteiger partial charge in [-0.25, -0.2) is 0 Å². The van der Waals surface area contributed by atoms with Crippen LogP contribution in [0.5, 0.6) is 0 Å². The Hall–Kier alpha value is -1.69. The predicted octanol–water partition coefficient (Wildman–Crippen LogP) is 3.94. The average Bonchev–Trinajstić information content (AvgIpc) is 3.25. The van der Waals surface area contributed by atoms with Crippen LogP contribution in [0, 0.1) is 0 Å². The molecule has 2 aromatic rings. The van der Waals surface area contributed by atoms with Crippen molar-refractivity contribution in [1.82, 2.24) is 15.0 Å². The normalized spacial score (nSPS) is 19.7. The zero-order valence-corrected chi connectivity index (χ0v) is 14.5. The molecule has 124 valence electrons. The molecule has 2 aromatic heterocycles. The minimum atomic E-state index is -0.0680. The van der Waals surface area contributed by atoms with Gasteiger partial charge in [0.2, 0.25) is 11.8 Å². The molecular formula is C17H23N3O2S. The molecule has 2 atom stereocenters. The molecule has 6 heteroatoms. The van der Waals surface area contributed by atoms with E-state index in [4.69, 9.17) is 4.52 Å². The summed E-state index contributed by atoms with van der Waals surface area (Å²) >= 11 is 1.62. The summed E-state index contributed by atoms with van der Waals surface area (Å²) in [6.07, 6.45) is 4.47. The number of carbonyl (C=O) groups is 1. The Morgan fingerprint density at radius 3 is 3.13 bits per heavy atom. The summed E-state index contributed by atoms with van der Waals surface area (Å²) < 4.78 is 5.49. The molecule has 5 nitrogen and oxygen atoms in total. The summed E-state index contributed by atoms with van der Waals surface area (Å²) in [7, 11) is 0. The van der Waals surface area contributed by atoms with E-state index in [1.165, 1.54) is 0 Å². The van der Waals surface area contributed by atoms with E-state index in [0.717, 1.165) is 42.9 Å². The topological polar surface area (TPSA) is 59.2 Å². The summed E-state index contributed by atoms with van der Waals surface area (Å²) in [6, 6.07) is 3.92. The Morgan fingerprint density at radius 2 is 2.39 bits per heavy atom. The van der Waals surface area contributed by atoms with Crippen LogP contribution in [0.1, 0.15) is 68.1 Å². The van der Waals surface area contributed by atoms with Gasteiger partial charge in [0, 0.05) is 17.3 Å². The lowest BCUT2D eigenvalue weighted by Crippen LogP contribution is -2.39. The Labute approximate surface area is 140 Å². The van der Waals surface area contributed by atoms with Crippen LogP contribution < -0.4 is 0 Å². The van der Waals surface area contributed by atoms with Crippen molar-refractivity contribution in [3.8, 4) is 0 Å². The molecule has 0 N–H and O–H groups in total. The van der Waals surface area contributed by atoms with Crippen molar-refractivity contribution in [2.75, 3.05) is 6.54 Å². The van der Waals surface area contributed by atoms with Gasteiger partial charge in [0.05, 0.1) is 6.42 Å². The zero-order chi connectivity index (χ0) is 16.2. The molecule has 23 heavy (non-hydrogen) atoms. The molecule has 0 aromatic carbocycles. The number of nitrogens with zero attached hydrogens (tertiary/aromatic N) is 3. The minimum Gasteiger partial charge on any atom is -0.337 e. The van der Waals surface area contributed by atoms with Crippen LogP contribution >= 0.6 is 11.3 Å². The first kappa shape index (κ1) is 16.2. The highest BCUT2D eigenvalue weighted by Gasteiger charge is 2.32. The summed E-state index contributed by atoms with van der Waals surface area (Å²) in [6.45, 7) is 4.98. The summed E-state index contributed by atoms with van der Waals surface area (Å²) in [5, 5.41) is 6.12. The van der Waals surface area contributed by atoms with Crippen molar-refractivity contribution in [2.24, 2.45) is 0 Å². The van der Waals surface area contributed by atoms with Gasteiger partial charge in [-0.2, -0.15) is 4.98 Å². The van der Waals surface area contributed by atoms with Gasteiger partial charge in [0.1, 0.15) is 6.04 Å². The molecule has 0 spiro atoms. The van der Waals surface area contributed by atoms with E-state index in [9.17, 15) is 4.79 Å².